The molecule has 0 atom stereocenters. The lowest BCUT2D eigenvalue weighted by molar-refractivity contribution is 0.0867. The molecule has 1 N–H and O–H groups in total. The van der Waals surface area contributed by atoms with Crippen molar-refractivity contribution >= 4 is 23.2 Å². The average molecular weight is 206 g/mol. The molecule has 0 aromatic heterocycles. The largest absolute Gasteiger partial charge is 0.305 e. The minimum absolute atomic E-state index is 0.509. The standard InChI is InChI=1S/C8H9Cl2NO/c1-12-11-5-6-7(9)3-2-4-8(6)10/h2-4,11H,5H2,1H3. The topological polar surface area (TPSA) is 21.3 Å². The molecular formula is C8H9Cl2NO. The van der Waals surface area contributed by atoms with Gasteiger partial charge >= 0.3 is 0 Å². The molecule has 0 aliphatic rings. The zero-order valence-corrected chi connectivity index (χ0v) is 8.12. The van der Waals surface area contributed by atoms with Crippen LogP contribution in [-0.4, -0.2) is 7.11 Å². The van der Waals surface area contributed by atoms with Crippen LogP contribution in [0.5, 0.6) is 0 Å². The average Bonchev–Trinajstić information content (AvgIpc) is 2.04. The van der Waals surface area contributed by atoms with Gasteiger partial charge in [-0.15, -0.1) is 0 Å². The zero-order chi connectivity index (χ0) is 8.97. The summed E-state index contributed by atoms with van der Waals surface area (Å²) in [6.45, 7) is 0.509. The summed E-state index contributed by atoms with van der Waals surface area (Å²) in [5.41, 5.74) is 3.53. The maximum atomic E-state index is 5.89. The molecule has 2 nitrogen and oxygen atoms in total. The smallest absolute Gasteiger partial charge is 0.0572 e. The van der Waals surface area contributed by atoms with Gasteiger partial charge in [-0.1, -0.05) is 29.3 Å². The molecular weight excluding hydrogens is 197 g/mol. The third-order valence-corrected chi connectivity index (χ3v) is 2.16. The van der Waals surface area contributed by atoms with Crippen LogP contribution in [0, 0.1) is 0 Å². The van der Waals surface area contributed by atoms with Crippen LogP contribution in [-0.2, 0) is 11.4 Å². The molecule has 0 aliphatic carbocycles. The lowest BCUT2D eigenvalue weighted by Gasteiger charge is -2.06. The van der Waals surface area contributed by atoms with Gasteiger partial charge in [-0.2, -0.15) is 5.48 Å². The predicted molar refractivity (Wildman–Crippen MR) is 50.3 cm³/mol. The van der Waals surface area contributed by atoms with Crippen LogP contribution in [0.1, 0.15) is 5.56 Å². The summed E-state index contributed by atoms with van der Waals surface area (Å²) in [6.07, 6.45) is 0. The summed E-state index contributed by atoms with van der Waals surface area (Å²) < 4.78 is 0. The van der Waals surface area contributed by atoms with Crippen molar-refractivity contribution in [2.24, 2.45) is 0 Å². The van der Waals surface area contributed by atoms with Gasteiger partial charge in [0.2, 0.25) is 0 Å². The van der Waals surface area contributed by atoms with E-state index in [-0.39, 0.29) is 0 Å². The van der Waals surface area contributed by atoms with E-state index in [0.717, 1.165) is 5.56 Å². The van der Waals surface area contributed by atoms with E-state index in [0.29, 0.717) is 16.6 Å². The van der Waals surface area contributed by atoms with E-state index < -0.39 is 0 Å². The molecule has 1 rings (SSSR count). The maximum absolute atomic E-state index is 5.89. The summed E-state index contributed by atoms with van der Waals surface area (Å²) in [4.78, 5) is 4.69. The predicted octanol–water partition coefficient (Wildman–Crippen LogP) is 2.64. The normalized spacial score (nSPS) is 10.2. The van der Waals surface area contributed by atoms with Crippen molar-refractivity contribution in [3.63, 3.8) is 0 Å². The van der Waals surface area contributed by atoms with Crippen LogP contribution >= 0.6 is 23.2 Å². The number of halogens is 2. The molecule has 0 heterocycles. The van der Waals surface area contributed by atoms with Gasteiger partial charge in [0, 0.05) is 22.2 Å². The first-order valence-corrected chi connectivity index (χ1v) is 4.20. The van der Waals surface area contributed by atoms with Crippen molar-refractivity contribution in [2.75, 3.05) is 7.11 Å². The third-order valence-electron chi connectivity index (χ3n) is 1.45. The molecule has 0 radical (unpaired) electrons. The molecule has 0 spiro atoms. The second-order valence-electron chi connectivity index (χ2n) is 2.23. The Morgan fingerprint density at radius 1 is 1.33 bits per heavy atom. The molecule has 0 saturated heterocycles. The second kappa shape index (κ2) is 4.67. The Hall–Kier alpha value is -0.280. The highest BCUT2D eigenvalue weighted by Gasteiger charge is 2.03. The first-order valence-electron chi connectivity index (χ1n) is 3.44. The molecule has 0 fully saturated rings. The Labute approximate surface area is 81.4 Å². The van der Waals surface area contributed by atoms with Gasteiger partial charge in [0.15, 0.2) is 0 Å². The minimum atomic E-state index is 0.509. The summed E-state index contributed by atoms with van der Waals surface area (Å²) in [5, 5.41) is 1.29. The van der Waals surface area contributed by atoms with Gasteiger partial charge in [0.25, 0.3) is 0 Å². The molecule has 0 unspecified atom stereocenters. The molecule has 0 saturated carbocycles. The molecule has 12 heavy (non-hydrogen) atoms. The van der Waals surface area contributed by atoms with E-state index in [2.05, 4.69) is 10.3 Å². The molecule has 1 aromatic rings. The van der Waals surface area contributed by atoms with E-state index in [1.54, 1.807) is 25.3 Å². The third kappa shape index (κ3) is 2.35. The Morgan fingerprint density at radius 2 is 1.92 bits per heavy atom. The lowest BCUT2D eigenvalue weighted by atomic mass is 10.2. The van der Waals surface area contributed by atoms with E-state index in [9.17, 15) is 0 Å². The van der Waals surface area contributed by atoms with Gasteiger partial charge < -0.3 is 4.84 Å². The Kier molecular flexibility index (Phi) is 3.82. The van der Waals surface area contributed by atoms with Gasteiger partial charge in [0.05, 0.1) is 7.11 Å². The number of benzene rings is 1. The van der Waals surface area contributed by atoms with Gasteiger partial charge in [-0.3, -0.25) is 0 Å². The summed E-state index contributed by atoms with van der Waals surface area (Å²) >= 11 is 11.8. The van der Waals surface area contributed by atoms with E-state index in [4.69, 9.17) is 23.2 Å². The first kappa shape index (κ1) is 9.81. The highest BCUT2D eigenvalue weighted by Crippen LogP contribution is 2.23. The number of hydroxylamine groups is 1. The Morgan fingerprint density at radius 3 is 2.42 bits per heavy atom. The molecule has 66 valence electrons. The van der Waals surface area contributed by atoms with E-state index in [1.807, 2.05) is 0 Å². The lowest BCUT2D eigenvalue weighted by Crippen LogP contribution is -2.11. The minimum Gasteiger partial charge on any atom is -0.305 e. The number of hydrogen-bond donors (Lipinski definition) is 1. The van der Waals surface area contributed by atoms with Gasteiger partial charge in [-0.05, 0) is 12.1 Å². The summed E-state index contributed by atoms with van der Waals surface area (Å²) in [6, 6.07) is 5.39. The van der Waals surface area contributed by atoms with Gasteiger partial charge in [-0.25, -0.2) is 0 Å². The number of nitrogens with one attached hydrogen (secondary N) is 1. The molecule has 0 aliphatic heterocycles. The van der Waals surface area contributed by atoms with Crippen molar-refractivity contribution in [1.29, 1.82) is 0 Å². The Bertz CT molecular complexity index is 245. The van der Waals surface area contributed by atoms with Crippen LogP contribution in [0.4, 0.5) is 0 Å². The quantitative estimate of drug-likeness (QED) is 0.767. The van der Waals surface area contributed by atoms with Crippen LogP contribution in [0.15, 0.2) is 18.2 Å². The summed E-state index contributed by atoms with van der Waals surface area (Å²) in [5.74, 6) is 0. The van der Waals surface area contributed by atoms with Gasteiger partial charge in [0.1, 0.15) is 0 Å². The van der Waals surface area contributed by atoms with E-state index in [1.165, 1.54) is 0 Å². The fraction of sp³-hybridized carbons (Fsp3) is 0.250. The van der Waals surface area contributed by atoms with Crippen LogP contribution < -0.4 is 5.48 Å². The van der Waals surface area contributed by atoms with Crippen molar-refractivity contribution in [2.45, 2.75) is 6.54 Å². The highest BCUT2D eigenvalue weighted by molar-refractivity contribution is 6.35. The Balaban J connectivity index is 2.81. The fourth-order valence-electron chi connectivity index (χ4n) is 0.846. The van der Waals surface area contributed by atoms with Crippen LogP contribution in [0.25, 0.3) is 0 Å². The van der Waals surface area contributed by atoms with Crippen molar-refractivity contribution < 1.29 is 4.84 Å². The second-order valence-corrected chi connectivity index (χ2v) is 3.04. The highest BCUT2D eigenvalue weighted by atomic mass is 35.5. The zero-order valence-electron chi connectivity index (χ0n) is 6.60. The first-order chi connectivity index (χ1) is 5.75. The molecule has 4 heteroatoms. The SMILES string of the molecule is CONCc1c(Cl)cccc1Cl. The number of hydrogen-bond acceptors (Lipinski definition) is 2. The maximum Gasteiger partial charge on any atom is 0.0572 e. The van der Waals surface area contributed by atoms with Crippen molar-refractivity contribution in [1.82, 2.24) is 5.48 Å². The summed E-state index contributed by atoms with van der Waals surface area (Å²) in [7, 11) is 1.55. The van der Waals surface area contributed by atoms with Crippen molar-refractivity contribution in [3.8, 4) is 0 Å². The molecule has 0 amide bonds. The van der Waals surface area contributed by atoms with Crippen LogP contribution in [0.3, 0.4) is 0 Å². The fourth-order valence-corrected chi connectivity index (χ4v) is 1.38. The van der Waals surface area contributed by atoms with Crippen molar-refractivity contribution in [3.05, 3.63) is 33.8 Å². The van der Waals surface area contributed by atoms with Crippen LogP contribution in [0.2, 0.25) is 10.0 Å². The molecule has 1 aromatic carbocycles. The monoisotopic (exact) mass is 205 g/mol. The number of rotatable bonds is 3. The van der Waals surface area contributed by atoms with E-state index >= 15 is 0 Å². The molecule has 0 bridgehead atoms.